The minimum Gasteiger partial charge on any atom is -0.495 e. The van der Waals surface area contributed by atoms with Crippen LogP contribution in [0, 0.1) is 5.82 Å². The van der Waals surface area contributed by atoms with Crippen molar-refractivity contribution >= 4 is 16.8 Å². The molecule has 2 N–H and O–H groups in total. The maximum Gasteiger partial charge on any atom is 0.227 e. The zero-order valence-corrected chi connectivity index (χ0v) is 13.5. The molecule has 0 spiro atoms. The van der Waals surface area contributed by atoms with Crippen LogP contribution < -0.4 is 10.5 Å². The summed E-state index contributed by atoms with van der Waals surface area (Å²) in [4.78, 5) is 4.53. The van der Waals surface area contributed by atoms with Crippen molar-refractivity contribution in [3.05, 3.63) is 66.5 Å². The van der Waals surface area contributed by atoms with E-state index in [0.717, 1.165) is 16.7 Å². The van der Waals surface area contributed by atoms with E-state index in [9.17, 15) is 4.39 Å². The number of hydrogen-bond acceptors (Lipinski definition) is 4. The molecule has 0 amide bonds. The van der Waals surface area contributed by atoms with Gasteiger partial charge in [0, 0.05) is 5.56 Å². The van der Waals surface area contributed by atoms with Gasteiger partial charge in [0.1, 0.15) is 17.1 Å². The molecule has 0 bridgehead atoms. The van der Waals surface area contributed by atoms with Crippen LogP contribution in [0.15, 0.2) is 65.1 Å². The smallest absolute Gasteiger partial charge is 0.227 e. The van der Waals surface area contributed by atoms with Gasteiger partial charge >= 0.3 is 0 Å². The highest BCUT2D eigenvalue weighted by Gasteiger charge is 2.11. The first-order valence-corrected chi connectivity index (χ1v) is 7.74. The van der Waals surface area contributed by atoms with E-state index in [-0.39, 0.29) is 5.82 Å². The molecule has 0 aliphatic heterocycles. The van der Waals surface area contributed by atoms with Crippen LogP contribution in [-0.2, 0) is 0 Å². The van der Waals surface area contributed by atoms with Crippen LogP contribution in [0.5, 0.6) is 5.75 Å². The van der Waals surface area contributed by atoms with Crippen molar-refractivity contribution in [2.75, 3.05) is 12.8 Å². The molecule has 4 rings (SSSR count). The second kappa shape index (κ2) is 5.94. The van der Waals surface area contributed by atoms with E-state index < -0.39 is 0 Å². The van der Waals surface area contributed by atoms with E-state index in [1.54, 1.807) is 25.3 Å². The van der Waals surface area contributed by atoms with Crippen LogP contribution in [0.4, 0.5) is 10.1 Å². The molecule has 1 heterocycles. The lowest BCUT2D eigenvalue weighted by Crippen LogP contribution is -1.92. The summed E-state index contributed by atoms with van der Waals surface area (Å²) >= 11 is 0. The number of rotatable bonds is 3. The highest BCUT2D eigenvalue weighted by atomic mass is 19.1. The number of ether oxygens (including phenoxy) is 1. The number of fused-ring (bicyclic) bond motifs is 1. The van der Waals surface area contributed by atoms with Gasteiger partial charge in [-0.15, -0.1) is 0 Å². The van der Waals surface area contributed by atoms with Crippen molar-refractivity contribution in [2.45, 2.75) is 0 Å². The lowest BCUT2D eigenvalue weighted by atomic mass is 10.1. The van der Waals surface area contributed by atoms with Crippen molar-refractivity contribution in [3.8, 4) is 28.3 Å². The van der Waals surface area contributed by atoms with E-state index >= 15 is 0 Å². The first kappa shape index (κ1) is 15.2. The number of nitrogens with two attached hydrogens (primary N) is 1. The molecule has 0 aliphatic carbocycles. The topological polar surface area (TPSA) is 61.3 Å². The van der Waals surface area contributed by atoms with Crippen LogP contribution >= 0.6 is 0 Å². The van der Waals surface area contributed by atoms with Crippen molar-refractivity contribution in [1.82, 2.24) is 4.98 Å². The molecule has 0 fully saturated rings. The van der Waals surface area contributed by atoms with Gasteiger partial charge in [-0.2, -0.15) is 0 Å². The molecule has 0 atom stereocenters. The molecule has 4 nitrogen and oxygen atoms in total. The molecular formula is C20H15FN2O2. The van der Waals surface area contributed by atoms with Gasteiger partial charge in [-0.25, -0.2) is 9.37 Å². The molecule has 124 valence electrons. The van der Waals surface area contributed by atoms with Crippen molar-refractivity contribution in [3.63, 3.8) is 0 Å². The average molecular weight is 334 g/mol. The van der Waals surface area contributed by atoms with Gasteiger partial charge in [0.25, 0.3) is 0 Å². The summed E-state index contributed by atoms with van der Waals surface area (Å²) < 4.78 is 24.4. The first-order chi connectivity index (χ1) is 12.1. The Bertz CT molecular complexity index is 1070. The SMILES string of the molecule is COc1ccc(-c2nc3cc(-c4cccc(F)c4)ccc3o2)cc1N. The number of hydrogen-bond donors (Lipinski definition) is 1. The summed E-state index contributed by atoms with van der Waals surface area (Å²) in [7, 11) is 1.57. The molecule has 1 aromatic heterocycles. The van der Waals surface area contributed by atoms with E-state index in [1.807, 2.05) is 30.3 Å². The Balaban J connectivity index is 1.77. The number of aromatic nitrogens is 1. The summed E-state index contributed by atoms with van der Waals surface area (Å²) in [6.45, 7) is 0. The lowest BCUT2D eigenvalue weighted by molar-refractivity contribution is 0.417. The Morgan fingerprint density at radius 3 is 2.52 bits per heavy atom. The van der Waals surface area contributed by atoms with Crippen LogP contribution in [0.1, 0.15) is 0 Å². The summed E-state index contributed by atoms with van der Waals surface area (Å²) in [6, 6.07) is 17.4. The molecule has 0 radical (unpaired) electrons. The second-order valence-corrected chi connectivity index (χ2v) is 5.67. The first-order valence-electron chi connectivity index (χ1n) is 7.74. The summed E-state index contributed by atoms with van der Waals surface area (Å²) in [5.74, 6) is 0.807. The third kappa shape index (κ3) is 2.80. The number of halogens is 1. The number of oxazole rings is 1. The van der Waals surface area contributed by atoms with Crippen molar-refractivity contribution in [2.24, 2.45) is 0 Å². The second-order valence-electron chi connectivity index (χ2n) is 5.67. The Morgan fingerprint density at radius 2 is 1.76 bits per heavy atom. The summed E-state index contributed by atoms with van der Waals surface area (Å²) in [6.07, 6.45) is 0. The van der Waals surface area contributed by atoms with E-state index in [0.29, 0.717) is 28.4 Å². The third-order valence-corrected chi connectivity index (χ3v) is 4.02. The van der Waals surface area contributed by atoms with Gasteiger partial charge in [-0.05, 0) is 53.6 Å². The Hall–Kier alpha value is -3.34. The average Bonchev–Trinajstić information content (AvgIpc) is 3.05. The Kier molecular flexibility index (Phi) is 3.61. The molecule has 3 aromatic carbocycles. The largest absolute Gasteiger partial charge is 0.495 e. The normalized spacial score (nSPS) is 11.0. The van der Waals surface area contributed by atoms with Crippen molar-refractivity contribution < 1.29 is 13.5 Å². The van der Waals surface area contributed by atoms with Gasteiger partial charge in [-0.1, -0.05) is 18.2 Å². The predicted octanol–water partition coefficient (Wildman–Crippen LogP) is 4.89. The summed E-state index contributed by atoms with van der Waals surface area (Å²) in [5, 5.41) is 0. The minimum atomic E-state index is -0.271. The molecule has 4 aromatic rings. The zero-order valence-electron chi connectivity index (χ0n) is 13.5. The third-order valence-electron chi connectivity index (χ3n) is 4.02. The number of methoxy groups -OCH3 is 1. The van der Waals surface area contributed by atoms with Gasteiger partial charge in [0.15, 0.2) is 5.58 Å². The van der Waals surface area contributed by atoms with Crippen LogP contribution in [0.2, 0.25) is 0 Å². The van der Waals surface area contributed by atoms with Gasteiger partial charge < -0.3 is 14.9 Å². The number of nitrogens with zero attached hydrogens (tertiary/aromatic N) is 1. The van der Waals surface area contributed by atoms with Crippen LogP contribution in [-0.4, -0.2) is 12.1 Å². The maximum atomic E-state index is 13.4. The molecule has 0 aliphatic rings. The van der Waals surface area contributed by atoms with E-state index in [4.69, 9.17) is 14.9 Å². The van der Waals surface area contributed by atoms with Gasteiger partial charge in [0.05, 0.1) is 12.8 Å². The van der Waals surface area contributed by atoms with E-state index in [2.05, 4.69) is 4.98 Å². The molecule has 0 saturated carbocycles. The van der Waals surface area contributed by atoms with Gasteiger partial charge in [-0.3, -0.25) is 0 Å². The fraction of sp³-hybridized carbons (Fsp3) is 0.0500. The number of benzene rings is 3. The van der Waals surface area contributed by atoms with Crippen LogP contribution in [0.25, 0.3) is 33.7 Å². The lowest BCUT2D eigenvalue weighted by Gasteiger charge is -2.04. The highest BCUT2D eigenvalue weighted by Crippen LogP contribution is 2.31. The molecular weight excluding hydrogens is 319 g/mol. The summed E-state index contributed by atoms with van der Waals surface area (Å²) in [5.41, 5.74) is 10.3. The maximum absolute atomic E-state index is 13.4. The van der Waals surface area contributed by atoms with Crippen molar-refractivity contribution in [1.29, 1.82) is 0 Å². The molecule has 0 unspecified atom stereocenters. The molecule has 25 heavy (non-hydrogen) atoms. The Labute approximate surface area is 143 Å². The predicted molar refractivity (Wildman–Crippen MR) is 95.8 cm³/mol. The fourth-order valence-corrected chi connectivity index (χ4v) is 2.77. The standard InChI is InChI=1S/C20H15FN2O2/c1-24-18-7-6-14(10-16(18)22)20-23-17-11-13(5-8-19(17)25-20)12-3-2-4-15(21)9-12/h2-11H,22H2,1H3. The number of anilines is 1. The fourth-order valence-electron chi connectivity index (χ4n) is 2.77. The van der Waals surface area contributed by atoms with E-state index in [1.165, 1.54) is 12.1 Å². The monoisotopic (exact) mass is 334 g/mol. The number of nitrogen functional groups attached to an aromatic ring is 1. The van der Waals surface area contributed by atoms with Crippen LogP contribution in [0.3, 0.4) is 0 Å². The quantitative estimate of drug-likeness (QED) is 0.542. The van der Waals surface area contributed by atoms with Gasteiger partial charge in [0.2, 0.25) is 5.89 Å². The minimum absolute atomic E-state index is 0.271. The Morgan fingerprint density at radius 1 is 0.960 bits per heavy atom. The zero-order chi connectivity index (χ0) is 17.4. The molecule has 0 saturated heterocycles. The highest BCUT2D eigenvalue weighted by molar-refractivity contribution is 5.82. The molecule has 5 heteroatoms.